The largest absolute Gasteiger partial charge is 0.339 e. The Labute approximate surface area is 199 Å². The smallest absolute Gasteiger partial charge is 0.243 e. The van der Waals surface area contributed by atoms with E-state index in [-0.39, 0.29) is 11.8 Å². The molecule has 2 aliphatic heterocycles. The highest BCUT2D eigenvalue weighted by molar-refractivity contribution is 7.89. The molecule has 2 saturated heterocycles. The molecule has 0 aliphatic carbocycles. The molecule has 178 valence electrons. The van der Waals surface area contributed by atoms with Crippen LogP contribution in [-0.2, 0) is 32.5 Å². The van der Waals surface area contributed by atoms with Crippen LogP contribution in [0.2, 0.25) is 0 Å². The van der Waals surface area contributed by atoms with Crippen LogP contribution in [0.4, 0.5) is 0 Å². The molecule has 2 aromatic rings. The molecule has 4 rings (SSSR count). The third kappa shape index (κ3) is 5.80. The predicted molar refractivity (Wildman–Crippen MR) is 126 cm³/mol. The van der Waals surface area contributed by atoms with Crippen LogP contribution in [0.3, 0.4) is 0 Å². The van der Waals surface area contributed by atoms with Gasteiger partial charge in [0.05, 0.1) is 11.3 Å². The van der Waals surface area contributed by atoms with E-state index in [0.29, 0.717) is 63.4 Å². The van der Waals surface area contributed by atoms with E-state index in [1.165, 1.54) is 15.6 Å². The summed E-state index contributed by atoms with van der Waals surface area (Å²) in [4.78, 5) is 33.4. The van der Waals surface area contributed by atoms with Gasteiger partial charge in [-0.1, -0.05) is 12.1 Å². The van der Waals surface area contributed by atoms with Crippen molar-refractivity contribution in [3.05, 3.63) is 45.9 Å². The van der Waals surface area contributed by atoms with Gasteiger partial charge in [-0.3, -0.25) is 9.59 Å². The minimum Gasteiger partial charge on any atom is -0.339 e. The maximum absolute atomic E-state index is 12.7. The second kappa shape index (κ2) is 10.3. The topological polar surface area (TPSA) is 90.9 Å². The molecule has 8 nitrogen and oxygen atoms in total. The number of aryl methyl sites for hydroxylation is 2. The molecule has 0 N–H and O–H groups in total. The molecule has 0 atom stereocenters. The first-order valence-electron chi connectivity index (χ1n) is 11.4. The van der Waals surface area contributed by atoms with E-state index in [1.54, 1.807) is 29.2 Å². The molecule has 3 heterocycles. The van der Waals surface area contributed by atoms with Gasteiger partial charge in [0.1, 0.15) is 5.01 Å². The molecular weight excluding hydrogens is 460 g/mol. The molecule has 2 fully saturated rings. The lowest BCUT2D eigenvalue weighted by atomic mass is 10.1. The Kier molecular flexibility index (Phi) is 7.45. The maximum Gasteiger partial charge on any atom is 0.243 e. The fraction of sp³-hybridized carbons (Fsp3) is 0.522. The zero-order valence-electron chi connectivity index (χ0n) is 18.9. The van der Waals surface area contributed by atoms with Crippen LogP contribution in [0.5, 0.6) is 0 Å². The number of carbonyl (C=O) groups is 2. The van der Waals surface area contributed by atoms with E-state index in [1.807, 2.05) is 17.2 Å². The lowest BCUT2D eigenvalue weighted by molar-refractivity contribution is -0.139. The number of amides is 2. The van der Waals surface area contributed by atoms with Crippen molar-refractivity contribution in [2.45, 2.75) is 43.9 Å². The number of sulfonamides is 1. The third-order valence-corrected chi connectivity index (χ3v) is 9.09. The lowest BCUT2D eigenvalue weighted by Gasteiger charge is -2.34. The predicted octanol–water partition coefficient (Wildman–Crippen LogP) is 2.08. The molecule has 1 aromatic heterocycles. The number of benzene rings is 1. The van der Waals surface area contributed by atoms with Crippen molar-refractivity contribution in [2.24, 2.45) is 0 Å². The molecule has 0 radical (unpaired) electrons. The summed E-state index contributed by atoms with van der Waals surface area (Å²) in [5.41, 5.74) is 1.87. The quantitative estimate of drug-likeness (QED) is 0.593. The minimum absolute atomic E-state index is 0.0559. The van der Waals surface area contributed by atoms with Crippen molar-refractivity contribution >= 4 is 33.2 Å². The van der Waals surface area contributed by atoms with Crippen LogP contribution in [0.15, 0.2) is 34.5 Å². The van der Waals surface area contributed by atoms with Gasteiger partial charge in [0.15, 0.2) is 0 Å². The van der Waals surface area contributed by atoms with E-state index >= 15 is 0 Å². The number of rotatable bonds is 7. The van der Waals surface area contributed by atoms with Crippen molar-refractivity contribution in [1.82, 2.24) is 19.1 Å². The second-order valence-electron chi connectivity index (χ2n) is 8.58. The van der Waals surface area contributed by atoms with Gasteiger partial charge in [-0.15, -0.1) is 11.3 Å². The zero-order valence-corrected chi connectivity index (χ0v) is 20.5. The van der Waals surface area contributed by atoms with E-state index in [0.717, 1.165) is 29.1 Å². The Morgan fingerprint density at radius 3 is 2.12 bits per heavy atom. The first-order valence-corrected chi connectivity index (χ1v) is 13.7. The summed E-state index contributed by atoms with van der Waals surface area (Å²) in [5, 5.41) is 2.77. The van der Waals surface area contributed by atoms with Gasteiger partial charge in [0, 0.05) is 56.8 Å². The lowest BCUT2D eigenvalue weighted by Crippen LogP contribution is -2.51. The van der Waals surface area contributed by atoms with Gasteiger partial charge < -0.3 is 9.80 Å². The summed E-state index contributed by atoms with van der Waals surface area (Å²) in [5.74, 6) is 0.117. The van der Waals surface area contributed by atoms with Crippen LogP contribution < -0.4 is 0 Å². The molecule has 1 aromatic carbocycles. The van der Waals surface area contributed by atoms with Crippen molar-refractivity contribution < 1.29 is 18.0 Å². The number of hydrogen-bond donors (Lipinski definition) is 0. The average Bonchev–Trinajstić information content (AvgIpc) is 3.50. The standard InChI is InChI=1S/C23H30N4O4S2/c1-18-17-32-21(24-18)16-23(29)26-14-12-25(13-15-26)22(28)9-6-19-4-7-20(8-5-19)33(30,31)27-10-2-3-11-27/h4-5,7-8,17H,2-3,6,9-16H2,1H3. The Balaban J connectivity index is 1.23. The fourth-order valence-corrected chi connectivity index (χ4v) is 6.53. The van der Waals surface area contributed by atoms with Crippen molar-refractivity contribution in [1.29, 1.82) is 0 Å². The number of carbonyl (C=O) groups excluding carboxylic acids is 2. The molecule has 2 aliphatic rings. The molecule has 0 spiro atoms. The van der Waals surface area contributed by atoms with E-state index in [4.69, 9.17) is 0 Å². The van der Waals surface area contributed by atoms with E-state index < -0.39 is 10.0 Å². The van der Waals surface area contributed by atoms with Gasteiger partial charge in [-0.2, -0.15) is 4.31 Å². The van der Waals surface area contributed by atoms with Crippen LogP contribution >= 0.6 is 11.3 Å². The van der Waals surface area contributed by atoms with Crippen molar-refractivity contribution in [2.75, 3.05) is 39.3 Å². The number of aromatic nitrogens is 1. The molecule has 33 heavy (non-hydrogen) atoms. The van der Waals surface area contributed by atoms with Crippen molar-refractivity contribution in [3.8, 4) is 0 Å². The van der Waals surface area contributed by atoms with Crippen LogP contribution in [0, 0.1) is 6.92 Å². The number of piperazine rings is 1. The van der Waals surface area contributed by atoms with Gasteiger partial charge >= 0.3 is 0 Å². The van der Waals surface area contributed by atoms with Gasteiger partial charge in [0.25, 0.3) is 0 Å². The van der Waals surface area contributed by atoms with Crippen LogP contribution in [0.25, 0.3) is 0 Å². The molecular formula is C23H30N4O4S2. The third-order valence-electron chi connectivity index (χ3n) is 6.21. The van der Waals surface area contributed by atoms with Gasteiger partial charge in [-0.05, 0) is 43.9 Å². The minimum atomic E-state index is -3.41. The number of nitrogens with zero attached hydrogens (tertiary/aromatic N) is 4. The van der Waals surface area contributed by atoms with E-state index in [2.05, 4.69) is 4.98 Å². The summed E-state index contributed by atoms with van der Waals surface area (Å²) >= 11 is 1.50. The Bertz CT molecular complexity index is 1080. The van der Waals surface area contributed by atoms with E-state index in [9.17, 15) is 18.0 Å². The molecule has 0 bridgehead atoms. The van der Waals surface area contributed by atoms with Crippen LogP contribution in [0.1, 0.15) is 35.5 Å². The molecule has 2 amide bonds. The summed E-state index contributed by atoms with van der Waals surface area (Å²) < 4.78 is 26.8. The number of thiazole rings is 1. The summed E-state index contributed by atoms with van der Waals surface area (Å²) in [6.07, 6.45) is 3.06. The van der Waals surface area contributed by atoms with Crippen molar-refractivity contribution in [3.63, 3.8) is 0 Å². The average molecular weight is 491 g/mol. The van der Waals surface area contributed by atoms with Gasteiger partial charge in [-0.25, -0.2) is 13.4 Å². The van der Waals surface area contributed by atoms with Crippen LogP contribution in [-0.4, -0.2) is 78.6 Å². The second-order valence-corrected chi connectivity index (χ2v) is 11.5. The summed E-state index contributed by atoms with van der Waals surface area (Å²) in [6, 6.07) is 6.88. The monoisotopic (exact) mass is 490 g/mol. The Morgan fingerprint density at radius 2 is 1.55 bits per heavy atom. The SMILES string of the molecule is Cc1csc(CC(=O)N2CCN(C(=O)CCc3ccc(S(=O)(=O)N4CCCC4)cc3)CC2)n1. The fourth-order valence-electron chi connectivity index (χ4n) is 4.25. The Morgan fingerprint density at radius 1 is 0.939 bits per heavy atom. The zero-order chi connectivity index (χ0) is 23.4. The molecule has 10 heteroatoms. The Hall–Kier alpha value is -2.30. The first-order chi connectivity index (χ1) is 15.8. The molecule has 0 saturated carbocycles. The highest BCUT2D eigenvalue weighted by Gasteiger charge is 2.27. The van der Waals surface area contributed by atoms with Gasteiger partial charge in [0.2, 0.25) is 21.8 Å². The summed E-state index contributed by atoms with van der Waals surface area (Å²) in [7, 11) is -3.41. The molecule has 0 unspecified atom stereocenters. The maximum atomic E-state index is 12.7. The number of hydrogen-bond acceptors (Lipinski definition) is 6. The highest BCUT2D eigenvalue weighted by Crippen LogP contribution is 2.21. The normalized spacial score (nSPS) is 17.5. The first kappa shape index (κ1) is 23.8. The highest BCUT2D eigenvalue weighted by atomic mass is 32.2. The summed E-state index contributed by atoms with van der Waals surface area (Å²) in [6.45, 7) is 5.24.